The van der Waals surface area contributed by atoms with Gasteiger partial charge in [-0.15, -0.1) is 0 Å². The van der Waals surface area contributed by atoms with E-state index in [9.17, 15) is 91.2 Å². The van der Waals surface area contributed by atoms with Gasteiger partial charge in [0.15, 0.2) is 25.2 Å². The largest absolute Gasteiger partial charge is 0.756 e. The molecule has 128 heavy (non-hydrogen) atoms. The van der Waals surface area contributed by atoms with E-state index < -0.39 is 214 Å². The van der Waals surface area contributed by atoms with Gasteiger partial charge < -0.3 is 168 Å². The Kier molecular flexibility index (Phi) is 34.3. The van der Waals surface area contributed by atoms with Crippen molar-refractivity contribution in [1.29, 1.82) is 0 Å². The number of benzene rings is 4. The maximum absolute atomic E-state index is 14.1. The predicted molar refractivity (Wildman–Crippen MR) is 462 cm³/mol. The van der Waals surface area contributed by atoms with Gasteiger partial charge in [-0.25, -0.2) is 9.97 Å². The number of hydrogen-bond acceptors (Lipinski definition) is 35. The molecule has 0 saturated carbocycles. The second-order valence-corrected chi connectivity index (χ2v) is 35.0. The summed E-state index contributed by atoms with van der Waals surface area (Å²) in [6, 6.07) is 42.0. The number of phosphoric acid groups is 1. The van der Waals surface area contributed by atoms with Gasteiger partial charge >= 0.3 is 0 Å². The Labute approximate surface area is 738 Å². The number of aliphatic hydroxyl groups is 16. The number of fused-ring (bicyclic) bond motifs is 8. The molecular formula is C90H117N7O30P-. The Morgan fingerprint density at radius 3 is 0.891 bits per heavy atom. The first-order valence-corrected chi connectivity index (χ1v) is 43.8. The van der Waals surface area contributed by atoms with Crippen LogP contribution in [0.2, 0.25) is 0 Å². The highest BCUT2D eigenvalue weighted by Crippen LogP contribution is 2.44. The highest BCUT2D eigenvalue weighted by Gasteiger charge is 2.50. The molecule has 3 aromatic heterocycles. The molecule has 6 aliphatic heterocycles. The molecule has 7 aromatic rings. The zero-order chi connectivity index (χ0) is 91.4. The molecule has 4 saturated heterocycles. The number of hydrogen-bond donors (Lipinski definition) is 18. The molecule has 4 fully saturated rings. The van der Waals surface area contributed by atoms with Crippen molar-refractivity contribution in [2.45, 2.75) is 149 Å². The van der Waals surface area contributed by atoms with E-state index in [0.717, 1.165) is 120 Å². The van der Waals surface area contributed by atoms with Crippen molar-refractivity contribution in [3.05, 3.63) is 166 Å². The van der Waals surface area contributed by atoms with Crippen molar-refractivity contribution >= 4 is 54.2 Å². The molecule has 8 bridgehead atoms. The van der Waals surface area contributed by atoms with Crippen molar-refractivity contribution in [2.75, 3.05) is 128 Å². The molecule has 21 atom stereocenters. The van der Waals surface area contributed by atoms with E-state index in [-0.39, 0.29) is 26.4 Å². The summed E-state index contributed by atoms with van der Waals surface area (Å²) in [7, 11) is 6.72. The number of phosphoric ester groups is 1. The molecule has 6 aliphatic rings. The quantitative estimate of drug-likeness (QED) is 0.0185. The maximum Gasteiger partial charge on any atom is 0.267 e. The van der Waals surface area contributed by atoms with E-state index in [2.05, 4.69) is 154 Å². The summed E-state index contributed by atoms with van der Waals surface area (Å²) in [5.41, 5.74) is 17.9. The van der Waals surface area contributed by atoms with Crippen LogP contribution >= 0.6 is 7.82 Å². The molecule has 38 heteroatoms. The summed E-state index contributed by atoms with van der Waals surface area (Å²) in [5.74, 6) is -4.63. The fourth-order valence-corrected chi connectivity index (χ4v) is 17.1. The molecular weight excluding hydrogens is 1690 g/mol. The van der Waals surface area contributed by atoms with Crippen molar-refractivity contribution in [3.63, 3.8) is 0 Å². The van der Waals surface area contributed by atoms with Crippen LogP contribution in [0.15, 0.2) is 121 Å². The van der Waals surface area contributed by atoms with E-state index in [1.165, 1.54) is 5.56 Å². The summed E-state index contributed by atoms with van der Waals surface area (Å²) in [6.45, 7) is -6.66. The number of nitrogens with zero attached hydrogens (tertiary/aromatic N) is 5. The Hall–Kier alpha value is -7.57. The Morgan fingerprint density at radius 2 is 0.617 bits per heavy atom. The van der Waals surface area contributed by atoms with Crippen LogP contribution in [0, 0.1) is 17.8 Å². The van der Waals surface area contributed by atoms with Crippen LogP contribution < -0.4 is 4.89 Å². The standard InChI is InChI=1S/C90H118N7O30P/c1-95(2)35-48-7-15-52(16-8-48)71-59-23-25-61(91-59)72(53-17-9-49(10-18-53)36-96(3)4)63-27-29-65(93-63)74(66-30-28-64(94-66)73(62-26-24-60(71)92-62)54-19-11-50(12-20-54)37-97(5)6)55-21-13-51(14-22-55)42-117-32-31-116-33-34-122-128(114,115)123-47-58(56(43-118-87-83(110)79(106)75(102)67(38-98)124-87)44-119-88-84(111)80(107)76(103)68(39-99)125-88)57(45-120-89-85(112)81(108)77(104)69(40-100)126-89)46-121-90-86(113)82(109)78(105)70(41-101)127-90/h7-30,56-58,67-70,75-91,94,98-113H,31-47H2,1-6H3,(H,114,115)/p-1. The normalized spacial score (nSPS) is 28.0. The third-order valence-corrected chi connectivity index (χ3v) is 24.2. The zero-order valence-electron chi connectivity index (χ0n) is 71.7. The molecule has 13 rings (SSSR count). The van der Waals surface area contributed by atoms with E-state index in [4.69, 9.17) is 66.4 Å². The minimum Gasteiger partial charge on any atom is -0.756 e. The second-order valence-electron chi connectivity index (χ2n) is 33.6. The number of aromatic nitrogens is 4. The summed E-state index contributed by atoms with van der Waals surface area (Å²) < 4.78 is 83.3. The maximum atomic E-state index is 14.1. The third kappa shape index (κ3) is 23.7. The average Bonchev–Trinajstić information content (AvgIpc) is 1.61. The van der Waals surface area contributed by atoms with Crippen LogP contribution in [0.4, 0.5) is 0 Å². The number of H-pyrrole nitrogens is 2. The van der Waals surface area contributed by atoms with Gasteiger partial charge in [-0.2, -0.15) is 0 Å². The topological polar surface area (TPSA) is 542 Å². The molecule has 0 aliphatic carbocycles. The highest BCUT2D eigenvalue weighted by molar-refractivity contribution is 7.45. The lowest BCUT2D eigenvalue weighted by atomic mass is 9.83. The second kappa shape index (κ2) is 44.8. The average molecular weight is 1810 g/mol. The van der Waals surface area contributed by atoms with Crippen molar-refractivity contribution in [2.24, 2.45) is 17.8 Å². The predicted octanol–water partition coefficient (Wildman–Crippen LogP) is 0.658. The molecule has 0 amide bonds. The van der Waals surface area contributed by atoms with E-state index in [0.29, 0.717) is 5.69 Å². The first-order valence-electron chi connectivity index (χ1n) is 42.4. The van der Waals surface area contributed by atoms with Gasteiger partial charge in [-0.05, 0) is 141 Å². The number of aliphatic hydroxyl groups excluding tert-OH is 16. The zero-order valence-corrected chi connectivity index (χ0v) is 72.6. The Bertz CT molecular complexity index is 4810. The smallest absolute Gasteiger partial charge is 0.267 e. The SMILES string of the molecule is CN(C)Cc1ccc(-c2c3nc(c(-c4ccc(CN(C)C)cc4)c4ccc([nH]4)c(-c4ccc(CN(C)C)cc4)c4nc(c(-c5ccc(COCCOCCOP(=O)([O-])OCC(C(COC6OC(CO)C(O)C(O)C6O)COC6OC(CO)C(O)C(O)C6O)C(COC6OC(CO)C(O)C(O)C6O)COC6OC(CO)C(O)C(O)C6O)cc5)c5ccc2[nH]5)C=C4)C=C3)cc1. The lowest BCUT2D eigenvalue weighted by Crippen LogP contribution is -2.60. The lowest BCUT2D eigenvalue weighted by molar-refractivity contribution is -0.320. The van der Waals surface area contributed by atoms with E-state index in [1.54, 1.807) is 0 Å². The summed E-state index contributed by atoms with van der Waals surface area (Å²) >= 11 is 0. The van der Waals surface area contributed by atoms with Gasteiger partial charge in [-0.3, -0.25) is 4.57 Å². The molecule has 18 N–H and O–H groups in total. The van der Waals surface area contributed by atoms with Gasteiger partial charge in [0.2, 0.25) is 0 Å². The van der Waals surface area contributed by atoms with Crippen molar-refractivity contribution in [1.82, 2.24) is 34.6 Å². The summed E-state index contributed by atoms with van der Waals surface area (Å²) in [5, 5.41) is 171. The molecule has 0 radical (unpaired) electrons. The number of rotatable bonds is 40. The minimum absolute atomic E-state index is 0.0211. The van der Waals surface area contributed by atoms with Crippen LogP contribution in [0.3, 0.4) is 0 Å². The molecule has 9 heterocycles. The van der Waals surface area contributed by atoms with Crippen LogP contribution in [0.5, 0.6) is 0 Å². The first kappa shape index (κ1) is 97.9. The minimum atomic E-state index is -5.54. The Morgan fingerprint density at radius 1 is 0.352 bits per heavy atom. The molecule has 21 unspecified atom stereocenters. The first-order chi connectivity index (χ1) is 61.4. The fourth-order valence-electron chi connectivity index (χ4n) is 16.4. The van der Waals surface area contributed by atoms with Crippen LogP contribution in [-0.2, 0) is 87.2 Å². The van der Waals surface area contributed by atoms with Gasteiger partial charge in [0, 0.05) is 75.8 Å². The number of nitrogens with one attached hydrogen (secondary N) is 2. The number of aromatic amines is 2. The molecule has 0 spiro atoms. The monoisotopic (exact) mass is 1810 g/mol. The summed E-state index contributed by atoms with van der Waals surface area (Å²) in [6.07, 6.45) is -29.2. The highest BCUT2D eigenvalue weighted by atomic mass is 31.2. The van der Waals surface area contributed by atoms with Crippen LogP contribution in [-0.4, -0.2) is 367 Å². The van der Waals surface area contributed by atoms with Gasteiger partial charge in [0.25, 0.3) is 7.82 Å². The van der Waals surface area contributed by atoms with Crippen molar-refractivity contribution < 1.29 is 148 Å². The lowest BCUT2D eigenvalue weighted by Gasteiger charge is -2.43. The van der Waals surface area contributed by atoms with Gasteiger partial charge in [0.1, 0.15) is 97.7 Å². The molecule has 698 valence electrons. The van der Waals surface area contributed by atoms with E-state index in [1.807, 2.05) is 58.5 Å². The number of ether oxygens (including phenoxy) is 10. The third-order valence-electron chi connectivity index (χ3n) is 23.3. The van der Waals surface area contributed by atoms with E-state index >= 15 is 0 Å². The van der Waals surface area contributed by atoms with Gasteiger partial charge in [0.05, 0.1) is 115 Å². The fraction of sp³-hybridized carbons (Fsp3) is 0.511. The summed E-state index contributed by atoms with van der Waals surface area (Å²) in [4.78, 5) is 39.3. The Balaban J connectivity index is 0.749. The van der Waals surface area contributed by atoms with Crippen LogP contribution in [0.1, 0.15) is 45.0 Å². The molecule has 4 aromatic carbocycles. The molecule has 37 nitrogen and oxygen atoms in total. The van der Waals surface area contributed by atoms with Crippen LogP contribution in [0.25, 0.3) is 90.9 Å². The van der Waals surface area contributed by atoms with Gasteiger partial charge in [-0.1, -0.05) is 97.1 Å². The van der Waals surface area contributed by atoms with Crippen molar-refractivity contribution in [3.8, 4) is 44.5 Å².